The van der Waals surface area contributed by atoms with Crippen molar-refractivity contribution in [3.63, 3.8) is 0 Å². The van der Waals surface area contributed by atoms with Crippen molar-refractivity contribution >= 4 is 5.91 Å². The summed E-state index contributed by atoms with van der Waals surface area (Å²) in [6.07, 6.45) is 0.507. The summed E-state index contributed by atoms with van der Waals surface area (Å²) < 4.78 is 10.3. The van der Waals surface area contributed by atoms with E-state index in [0.717, 1.165) is 13.1 Å². The van der Waals surface area contributed by atoms with Gasteiger partial charge in [0.15, 0.2) is 0 Å². The van der Waals surface area contributed by atoms with Gasteiger partial charge in [-0.3, -0.25) is 4.79 Å². The summed E-state index contributed by atoms with van der Waals surface area (Å²) in [6, 6.07) is 0. The normalized spacial score (nSPS) is 21.5. The Bertz CT molecular complexity index is 345. The van der Waals surface area contributed by atoms with Crippen LogP contribution in [0.5, 0.6) is 0 Å². The highest BCUT2D eigenvalue weighted by Crippen LogP contribution is 2.05. The molecule has 3 N–H and O–H groups in total. The number of morpholine rings is 1. The Balaban J connectivity index is 1.94. The van der Waals surface area contributed by atoms with Crippen LogP contribution in [0.1, 0.15) is 16.5 Å². The summed E-state index contributed by atoms with van der Waals surface area (Å²) in [5.74, 6) is -0.404. The van der Waals surface area contributed by atoms with Gasteiger partial charge in [-0.15, -0.1) is 0 Å². The molecule has 2 heterocycles. The highest BCUT2D eigenvalue weighted by Gasteiger charge is 2.18. The third-order valence-corrected chi connectivity index (χ3v) is 2.10. The van der Waals surface area contributed by atoms with Gasteiger partial charge in [-0.25, -0.2) is 0 Å². The Morgan fingerprint density at radius 2 is 2.53 bits per heavy atom. The lowest BCUT2D eigenvalue weighted by atomic mass is 10.2. The number of amides is 1. The van der Waals surface area contributed by atoms with E-state index in [9.17, 15) is 4.79 Å². The van der Waals surface area contributed by atoms with Gasteiger partial charge in [0, 0.05) is 13.1 Å². The van der Waals surface area contributed by atoms with Crippen molar-refractivity contribution < 1.29 is 14.1 Å². The lowest BCUT2D eigenvalue weighted by molar-refractivity contribution is 0.0246. The van der Waals surface area contributed by atoms with Crippen molar-refractivity contribution in [2.45, 2.75) is 12.5 Å². The molecule has 0 spiro atoms. The minimum absolute atomic E-state index is 0.0138. The zero-order valence-corrected chi connectivity index (χ0v) is 8.10. The van der Waals surface area contributed by atoms with Crippen LogP contribution >= 0.6 is 0 Å². The van der Waals surface area contributed by atoms with E-state index in [1.165, 1.54) is 0 Å². The fraction of sp³-hybridized carbons (Fsp3) is 0.625. The van der Waals surface area contributed by atoms with Crippen LogP contribution in [-0.2, 0) is 11.2 Å². The van der Waals surface area contributed by atoms with Crippen LogP contribution in [0.2, 0.25) is 0 Å². The molecule has 1 unspecified atom stereocenters. The second-order valence-electron chi connectivity index (χ2n) is 3.28. The van der Waals surface area contributed by atoms with Gasteiger partial charge in [-0.2, -0.15) is 4.98 Å². The van der Waals surface area contributed by atoms with Gasteiger partial charge in [0.25, 0.3) is 11.7 Å². The summed E-state index contributed by atoms with van der Waals surface area (Å²) in [5, 5.41) is 6.62. The van der Waals surface area contributed by atoms with Crippen LogP contribution in [0, 0.1) is 0 Å². The molecule has 1 aromatic heterocycles. The molecular formula is C8H12N4O3. The first kappa shape index (κ1) is 10.1. The number of ether oxygens (including phenoxy) is 1. The Morgan fingerprint density at radius 1 is 1.67 bits per heavy atom. The van der Waals surface area contributed by atoms with Gasteiger partial charge in [0.1, 0.15) is 0 Å². The Morgan fingerprint density at radius 3 is 3.13 bits per heavy atom. The van der Waals surface area contributed by atoms with E-state index in [4.69, 9.17) is 15.0 Å². The Labute approximate surface area is 86.0 Å². The van der Waals surface area contributed by atoms with E-state index in [0.29, 0.717) is 18.9 Å². The molecule has 1 fully saturated rings. The Hall–Kier alpha value is -1.47. The molecule has 1 aliphatic rings. The lowest BCUT2D eigenvalue weighted by Gasteiger charge is -2.21. The number of nitrogens with two attached hydrogens (primary N) is 1. The molecule has 1 atom stereocenters. The van der Waals surface area contributed by atoms with Gasteiger partial charge in [-0.1, -0.05) is 5.16 Å². The molecule has 1 saturated heterocycles. The number of nitrogens with one attached hydrogen (secondary N) is 1. The molecule has 7 nitrogen and oxygen atoms in total. The number of hydrogen-bond acceptors (Lipinski definition) is 6. The third kappa shape index (κ3) is 2.51. The van der Waals surface area contributed by atoms with Gasteiger partial charge < -0.3 is 20.3 Å². The van der Waals surface area contributed by atoms with Crippen molar-refractivity contribution in [1.29, 1.82) is 0 Å². The fourth-order valence-corrected chi connectivity index (χ4v) is 1.38. The van der Waals surface area contributed by atoms with Gasteiger partial charge in [0.05, 0.1) is 19.1 Å². The molecule has 0 aliphatic carbocycles. The highest BCUT2D eigenvalue weighted by molar-refractivity contribution is 5.88. The van der Waals surface area contributed by atoms with Gasteiger partial charge in [-0.05, 0) is 0 Å². The predicted octanol–water partition coefficient (Wildman–Crippen LogP) is -1.30. The molecule has 15 heavy (non-hydrogen) atoms. The highest BCUT2D eigenvalue weighted by atomic mass is 16.5. The maximum Gasteiger partial charge on any atom is 0.290 e. The molecule has 2 rings (SSSR count). The van der Waals surface area contributed by atoms with Crippen LogP contribution in [-0.4, -0.2) is 41.8 Å². The van der Waals surface area contributed by atoms with Crippen LogP contribution in [0.15, 0.2) is 4.52 Å². The van der Waals surface area contributed by atoms with Gasteiger partial charge >= 0.3 is 0 Å². The fourth-order valence-electron chi connectivity index (χ4n) is 1.38. The molecular weight excluding hydrogens is 200 g/mol. The van der Waals surface area contributed by atoms with Crippen LogP contribution in [0.3, 0.4) is 0 Å². The summed E-state index contributed by atoms with van der Waals surface area (Å²) in [6.45, 7) is 2.27. The van der Waals surface area contributed by atoms with E-state index in [1.807, 2.05) is 0 Å². The maximum absolute atomic E-state index is 10.7. The number of nitrogens with zero attached hydrogens (tertiary/aromatic N) is 2. The average Bonchev–Trinajstić information content (AvgIpc) is 2.68. The van der Waals surface area contributed by atoms with Crippen LogP contribution in [0.25, 0.3) is 0 Å². The first-order chi connectivity index (χ1) is 7.25. The standard InChI is InChI=1S/C8H12N4O3/c9-7(13)8-11-6(15-12-8)3-5-4-10-1-2-14-5/h5,10H,1-4H2,(H2,9,13). The van der Waals surface area contributed by atoms with Crippen molar-refractivity contribution in [2.75, 3.05) is 19.7 Å². The summed E-state index contributed by atoms with van der Waals surface area (Å²) in [7, 11) is 0. The molecule has 0 aromatic carbocycles. The smallest absolute Gasteiger partial charge is 0.290 e. The third-order valence-electron chi connectivity index (χ3n) is 2.10. The first-order valence-electron chi connectivity index (χ1n) is 4.70. The summed E-state index contributed by atoms with van der Waals surface area (Å²) >= 11 is 0. The quantitative estimate of drug-likeness (QED) is 0.645. The van der Waals surface area contributed by atoms with E-state index in [2.05, 4.69) is 15.5 Å². The number of carbonyl (C=O) groups is 1. The molecule has 7 heteroatoms. The minimum Gasteiger partial charge on any atom is -0.375 e. The second-order valence-corrected chi connectivity index (χ2v) is 3.28. The lowest BCUT2D eigenvalue weighted by Crippen LogP contribution is -2.39. The topological polar surface area (TPSA) is 103 Å². The molecule has 0 radical (unpaired) electrons. The molecule has 0 bridgehead atoms. The predicted molar refractivity (Wildman–Crippen MR) is 49.1 cm³/mol. The van der Waals surface area contributed by atoms with Crippen molar-refractivity contribution in [3.8, 4) is 0 Å². The molecule has 0 saturated carbocycles. The molecule has 1 aromatic rings. The van der Waals surface area contributed by atoms with Crippen LogP contribution in [0.4, 0.5) is 0 Å². The number of hydrogen-bond donors (Lipinski definition) is 2. The minimum atomic E-state index is -0.687. The number of aromatic nitrogens is 2. The number of primary amides is 1. The molecule has 82 valence electrons. The average molecular weight is 212 g/mol. The largest absolute Gasteiger partial charge is 0.375 e. The summed E-state index contributed by atoms with van der Waals surface area (Å²) in [4.78, 5) is 14.5. The summed E-state index contributed by atoms with van der Waals surface area (Å²) in [5.41, 5.74) is 4.99. The van der Waals surface area contributed by atoms with Gasteiger partial charge in [0.2, 0.25) is 5.89 Å². The number of carbonyl (C=O) groups excluding carboxylic acids is 1. The van der Waals surface area contributed by atoms with E-state index in [1.54, 1.807) is 0 Å². The Kier molecular flexibility index (Phi) is 2.93. The molecule has 1 amide bonds. The zero-order valence-electron chi connectivity index (χ0n) is 8.10. The van der Waals surface area contributed by atoms with E-state index < -0.39 is 5.91 Å². The first-order valence-corrected chi connectivity index (χ1v) is 4.70. The zero-order chi connectivity index (χ0) is 10.7. The van der Waals surface area contributed by atoms with E-state index in [-0.39, 0.29) is 11.9 Å². The van der Waals surface area contributed by atoms with Crippen molar-refractivity contribution in [1.82, 2.24) is 15.5 Å². The van der Waals surface area contributed by atoms with Crippen LogP contribution < -0.4 is 11.1 Å². The second kappa shape index (κ2) is 4.37. The molecule has 1 aliphatic heterocycles. The monoisotopic (exact) mass is 212 g/mol. The SMILES string of the molecule is NC(=O)c1noc(CC2CNCCO2)n1. The van der Waals surface area contributed by atoms with Crippen molar-refractivity contribution in [3.05, 3.63) is 11.7 Å². The number of rotatable bonds is 3. The maximum atomic E-state index is 10.7. The van der Waals surface area contributed by atoms with E-state index >= 15 is 0 Å². The van der Waals surface area contributed by atoms with Crippen molar-refractivity contribution in [2.24, 2.45) is 5.73 Å².